The third kappa shape index (κ3) is 4.57. The summed E-state index contributed by atoms with van der Waals surface area (Å²) in [5.74, 6) is 0.109. The Kier molecular flexibility index (Phi) is 6.14. The molecule has 2 unspecified atom stereocenters. The van der Waals surface area contributed by atoms with Crippen LogP contribution in [0.3, 0.4) is 0 Å². The highest BCUT2D eigenvalue weighted by molar-refractivity contribution is 7.16. The van der Waals surface area contributed by atoms with E-state index in [0.717, 1.165) is 33.0 Å². The Morgan fingerprint density at radius 3 is 2.89 bits per heavy atom. The van der Waals surface area contributed by atoms with Gasteiger partial charge in [-0.15, -0.1) is 11.3 Å². The molecule has 178 valence electrons. The largest absolute Gasteiger partial charge is 0.497 e. The highest BCUT2D eigenvalue weighted by Gasteiger charge is 2.60. The lowest BCUT2D eigenvalue weighted by Crippen LogP contribution is -2.42. The van der Waals surface area contributed by atoms with Gasteiger partial charge in [0.05, 0.1) is 36.1 Å². The molecule has 2 aliphatic rings. The molecule has 1 fully saturated rings. The number of thiophene rings is 1. The Bertz CT molecular complexity index is 1300. The van der Waals surface area contributed by atoms with Crippen LogP contribution in [0.1, 0.15) is 28.0 Å². The van der Waals surface area contributed by atoms with E-state index in [9.17, 15) is 14.9 Å². The molecule has 2 aromatic heterocycles. The van der Waals surface area contributed by atoms with E-state index in [2.05, 4.69) is 21.7 Å². The van der Waals surface area contributed by atoms with Crippen LogP contribution in [0.15, 0.2) is 54.9 Å². The normalized spacial score (nSPS) is 20.3. The van der Waals surface area contributed by atoms with E-state index < -0.39 is 11.3 Å². The first kappa shape index (κ1) is 22.9. The first-order chi connectivity index (χ1) is 17.0. The molecule has 8 nitrogen and oxygen atoms in total. The van der Waals surface area contributed by atoms with E-state index in [1.807, 2.05) is 42.5 Å². The average Bonchev–Trinajstić information content (AvgIpc) is 3.53. The summed E-state index contributed by atoms with van der Waals surface area (Å²) in [4.78, 5) is 32.5. The second-order valence-corrected chi connectivity index (χ2v) is 9.94. The van der Waals surface area contributed by atoms with Crippen molar-refractivity contribution in [3.8, 4) is 11.8 Å². The van der Waals surface area contributed by atoms with Gasteiger partial charge in [-0.3, -0.25) is 9.78 Å². The molecule has 1 aromatic carbocycles. The molecule has 2 N–H and O–H groups in total. The Morgan fingerprint density at radius 1 is 1.29 bits per heavy atom. The van der Waals surface area contributed by atoms with E-state index >= 15 is 0 Å². The fourth-order valence-electron chi connectivity index (χ4n) is 4.54. The summed E-state index contributed by atoms with van der Waals surface area (Å²) >= 11 is 1.49. The van der Waals surface area contributed by atoms with Gasteiger partial charge in [0.25, 0.3) is 0 Å². The molecule has 3 aromatic rings. The molecule has 1 saturated carbocycles. The summed E-state index contributed by atoms with van der Waals surface area (Å²) in [6, 6.07) is 15.4. The smallest absolute Gasteiger partial charge is 0.318 e. The Balaban J connectivity index is 1.20. The number of amides is 3. The molecular weight excluding hydrogens is 462 g/mol. The Labute approximate surface area is 207 Å². The van der Waals surface area contributed by atoms with E-state index in [1.165, 1.54) is 11.3 Å². The van der Waals surface area contributed by atoms with Crippen molar-refractivity contribution in [2.24, 2.45) is 5.92 Å². The number of urea groups is 1. The summed E-state index contributed by atoms with van der Waals surface area (Å²) in [5, 5.41) is 16.6. The third-order valence-corrected chi connectivity index (χ3v) is 7.75. The van der Waals surface area contributed by atoms with Crippen LogP contribution in [0.25, 0.3) is 0 Å². The number of methoxy groups -OCH3 is 1. The van der Waals surface area contributed by atoms with Crippen molar-refractivity contribution in [1.29, 1.82) is 5.26 Å². The molecular formula is C26H25N5O3S. The van der Waals surface area contributed by atoms with Crippen molar-refractivity contribution in [2.75, 3.05) is 19.0 Å². The number of ether oxygens (including phenoxy) is 1. The van der Waals surface area contributed by atoms with Crippen LogP contribution in [-0.2, 0) is 29.7 Å². The standard InChI is InChI=1S/C26H25N5O3S/c1-34-20-4-2-3-19(12-20)26(16-27)13-21(26)24(32)30-23-11-18-7-10-31(15-22(18)35-23)25(33)29-14-17-5-8-28-9-6-17/h2-6,8-9,11-12,21H,7,10,13-15H2,1H3,(H,29,33)(H,30,32). The van der Waals surface area contributed by atoms with Crippen molar-refractivity contribution in [3.63, 3.8) is 0 Å². The van der Waals surface area contributed by atoms with Crippen molar-refractivity contribution in [3.05, 3.63) is 76.4 Å². The van der Waals surface area contributed by atoms with Crippen LogP contribution in [-0.4, -0.2) is 35.5 Å². The summed E-state index contributed by atoms with van der Waals surface area (Å²) in [6.45, 7) is 1.58. The summed E-state index contributed by atoms with van der Waals surface area (Å²) < 4.78 is 5.28. The fraction of sp³-hybridized carbons (Fsp3) is 0.308. The van der Waals surface area contributed by atoms with Crippen LogP contribution in [0.4, 0.5) is 9.80 Å². The van der Waals surface area contributed by atoms with E-state index in [1.54, 1.807) is 24.4 Å². The zero-order chi connectivity index (χ0) is 24.4. The maximum Gasteiger partial charge on any atom is 0.318 e. The zero-order valence-corrected chi connectivity index (χ0v) is 20.1. The Hall–Kier alpha value is -3.90. The van der Waals surface area contributed by atoms with E-state index in [4.69, 9.17) is 4.74 Å². The highest BCUT2D eigenvalue weighted by Crippen LogP contribution is 2.55. The minimum Gasteiger partial charge on any atom is -0.497 e. The monoisotopic (exact) mass is 487 g/mol. The number of carbonyl (C=O) groups excluding carboxylic acids is 2. The van der Waals surface area contributed by atoms with Crippen molar-refractivity contribution in [1.82, 2.24) is 15.2 Å². The number of nitrogens with one attached hydrogen (secondary N) is 2. The van der Waals surface area contributed by atoms with Crippen LogP contribution in [0, 0.1) is 17.2 Å². The van der Waals surface area contributed by atoms with Gasteiger partial charge in [0.2, 0.25) is 5.91 Å². The molecule has 35 heavy (non-hydrogen) atoms. The van der Waals surface area contributed by atoms with Crippen molar-refractivity contribution < 1.29 is 14.3 Å². The molecule has 2 atom stereocenters. The summed E-state index contributed by atoms with van der Waals surface area (Å²) in [6.07, 6.45) is 4.63. The number of carbonyl (C=O) groups is 2. The summed E-state index contributed by atoms with van der Waals surface area (Å²) in [5.41, 5.74) is 2.13. The predicted octanol–water partition coefficient (Wildman–Crippen LogP) is 3.84. The van der Waals surface area contributed by atoms with Gasteiger partial charge >= 0.3 is 6.03 Å². The van der Waals surface area contributed by atoms with Crippen LogP contribution < -0.4 is 15.4 Å². The number of fused-ring (bicyclic) bond motifs is 1. The number of hydrogen-bond donors (Lipinski definition) is 2. The van der Waals surface area contributed by atoms with Gasteiger partial charge < -0.3 is 20.3 Å². The molecule has 5 rings (SSSR count). The number of pyridine rings is 1. The Morgan fingerprint density at radius 2 is 2.11 bits per heavy atom. The summed E-state index contributed by atoms with van der Waals surface area (Å²) in [7, 11) is 1.58. The predicted molar refractivity (Wildman–Crippen MR) is 132 cm³/mol. The number of hydrogen-bond acceptors (Lipinski definition) is 6. The average molecular weight is 488 g/mol. The van der Waals surface area contributed by atoms with Gasteiger partial charge in [-0.25, -0.2) is 4.79 Å². The number of nitriles is 1. The van der Waals surface area contributed by atoms with Gasteiger partial charge in [0, 0.05) is 30.4 Å². The van der Waals surface area contributed by atoms with E-state index in [0.29, 0.717) is 31.8 Å². The first-order valence-corrected chi connectivity index (χ1v) is 12.2. The molecule has 1 aliphatic carbocycles. The molecule has 9 heteroatoms. The van der Waals surface area contributed by atoms with Gasteiger partial charge in [-0.05, 0) is 59.9 Å². The van der Waals surface area contributed by atoms with Crippen molar-refractivity contribution in [2.45, 2.75) is 31.3 Å². The SMILES string of the molecule is COc1cccc(C2(C#N)CC2C(=O)Nc2cc3c(s2)CN(C(=O)NCc2ccncc2)CC3)c1. The third-order valence-electron chi connectivity index (χ3n) is 6.67. The number of anilines is 1. The minimum absolute atomic E-state index is 0.110. The molecule has 1 aliphatic heterocycles. The van der Waals surface area contributed by atoms with Gasteiger partial charge in [-0.2, -0.15) is 5.26 Å². The van der Waals surface area contributed by atoms with Crippen molar-refractivity contribution >= 4 is 28.3 Å². The number of aromatic nitrogens is 1. The lowest BCUT2D eigenvalue weighted by atomic mass is 9.94. The van der Waals surface area contributed by atoms with Crippen LogP contribution in [0.5, 0.6) is 5.75 Å². The van der Waals surface area contributed by atoms with Gasteiger partial charge in [0.15, 0.2) is 0 Å². The first-order valence-electron chi connectivity index (χ1n) is 11.4. The van der Waals surface area contributed by atoms with E-state index in [-0.39, 0.29) is 11.9 Å². The molecule has 0 radical (unpaired) electrons. The molecule has 3 amide bonds. The zero-order valence-electron chi connectivity index (χ0n) is 19.3. The molecule has 0 bridgehead atoms. The number of rotatable bonds is 6. The molecule has 0 saturated heterocycles. The van der Waals surface area contributed by atoms with Crippen LogP contribution >= 0.6 is 11.3 Å². The minimum atomic E-state index is -0.820. The second kappa shape index (κ2) is 9.39. The second-order valence-electron chi connectivity index (χ2n) is 8.81. The fourth-order valence-corrected chi connectivity index (χ4v) is 5.67. The lowest BCUT2D eigenvalue weighted by molar-refractivity contribution is -0.117. The highest BCUT2D eigenvalue weighted by atomic mass is 32.1. The maximum atomic E-state index is 13.0. The molecule has 3 heterocycles. The van der Waals surface area contributed by atoms with Gasteiger partial charge in [0.1, 0.15) is 5.75 Å². The lowest BCUT2D eigenvalue weighted by Gasteiger charge is -2.27. The number of benzene rings is 1. The topological polar surface area (TPSA) is 107 Å². The quantitative estimate of drug-likeness (QED) is 0.549. The number of nitrogens with zero attached hydrogens (tertiary/aromatic N) is 3. The maximum absolute atomic E-state index is 13.0. The van der Waals surface area contributed by atoms with Crippen LogP contribution in [0.2, 0.25) is 0 Å². The van der Waals surface area contributed by atoms with Gasteiger partial charge in [-0.1, -0.05) is 12.1 Å². The molecule has 0 spiro atoms.